The Kier molecular flexibility index (Phi) is 9.47. The highest BCUT2D eigenvalue weighted by Crippen LogP contribution is 2.23. The fourth-order valence-corrected chi connectivity index (χ4v) is 3.38. The van der Waals surface area contributed by atoms with Crippen LogP contribution in [0.25, 0.3) is 11.3 Å². The van der Waals surface area contributed by atoms with E-state index in [-0.39, 0.29) is 30.6 Å². The molecule has 0 saturated heterocycles. The van der Waals surface area contributed by atoms with Gasteiger partial charge in [0.2, 0.25) is 5.88 Å². The Balaban J connectivity index is 1.59. The van der Waals surface area contributed by atoms with Gasteiger partial charge >= 0.3 is 6.09 Å². The molecule has 0 bridgehead atoms. The van der Waals surface area contributed by atoms with Crippen LogP contribution in [-0.2, 0) is 11.3 Å². The summed E-state index contributed by atoms with van der Waals surface area (Å²) in [6, 6.07) is 10.9. The fraction of sp³-hybridized carbons (Fsp3) is 0.304. The van der Waals surface area contributed by atoms with Crippen molar-refractivity contribution in [3.05, 3.63) is 70.8 Å². The Labute approximate surface area is 204 Å². The van der Waals surface area contributed by atoms with Gasteiger partial charge in [0.15, 0.2) is 0 Å². The first-order valence-electron chi connectivity index (χ1n) is 10.5. The molecule has 3 aromatic rings. The lowest BCUT2D eigenvalue weighted by molar-refractivity contribution is 0.0991. The molecular weight excluding hydrogens is 492 g/mol. The van der Waals surface area contributed by atoms with E-state index in [2.05, 4.69) is 15.8 Å². The van der Waals surface area contributed by atoms with Crippen molar-refractivity contribution in [3.63, 3.8) is 0 Å². The van der Waals surface area contributed by atoms with Gasteiger partial charge in [-0.15, -0.1) is 0 Å². The number of aromatic nitrogens is 1. The zero-order valence-electron chi connectivity index (χ0n) is 18.6. The van der Waals surface area contributed by atoms with E-state index in [1.54, 1.807) is 24.1 Å². The van der Waals surface area contributed by atoms with Gasteiger partial charge in [0.05, 0.1) is 17.6 Å². The van der Waals surface area contributed by atoms with Gasteiger partial charge in [-0.25, -0.2) is 22.4 Å². The number of likely N-dealkylation sites (N-methyl/N-ethyl adjacent to an activating group) is 1. The van der Waals surface area contributed by atoms with Gasteiger partial charge in [0.25, 0.3) is 6.43 Å². The summed E-state index contributed by atoms with van der Waals surface area (Å²) < 4.78 is 62.6. The molecule has 2 N–H and O–H groups in total. The van der Waals surface area contributed by atoms with Crippen molar-refractivity contribution in [2.75, 3.05) is 32.1 Å². The molecule has 0 radical (unpaired) electrons. The molecule has 0 spiro atoms. The van der Waals surface area contributed by atoms with Crippen LogP contribution >= 0.6 is 11.6 Å². The van der Waals surface area contributed by atoms with Crippen LogP contribution in [0.2, 0.25) is 5.02 Å². The maximum atomic E-state index is 13.8. The van der Waals surface area contributed by atoms with Crippen molar-refractivity contribution < 1.29 is 31.6 Å². The van der Waals surface area contributed by atoms with Gasteiger partial charge in [-0.05, 0) is 30.8 Å². The van der Waals surface area contributed by atoms with Crippen molar-refractivity contribution in [1.82, 2.24) is 15.4 Å². The molecule has 2 aromatic carbocycles. The summed E-state index contributed by atoms with van der Waals surface area (Å²) in [4.78, 5) is 14.0. The highest BCUT2D eigenvalue weighted by atomic mass is 35.5. The maximum Gasteiger partial charge on any atom is 0.414 e. The Hall–Kier alpha value is -3.15. The van der Waals surface area contributed by atoms with E-state index in [9.17, 15) is 22.4 Å². The smallest absolute Gasteiger partial charge is 0.414 e. The first kappa shape index (κ1) is 26.5. The quantitative estimate of drug-likeness (QED) is 0.343. The Morgan fingerprint density at radius 2 is 1.94 bits per heavy atom. The van der Waals surface area contributed by atoms with E-state index in [0.29, 0.717) is 16.8 Å². The summed E-state index contributed by atoms with van der Waals surface area (Å²) in [5, 5.41) is 8.71. The minimum absolute atomic E-state index is 0.0264. The molecule has 1 atom stereocenters. The SMILES string of the molecule is CN(Cc1cccc(F)c1Cl)[C@H](CNCC(F)F)COC(=O)Nc1cc(-c2cccc(F)c2)no1. The number of nitrogens with one attached hydrogen (secondary N) is 2. The molecule has 0 aliphatic carbocycles. The van der Waals surface area contributed by atoms with Crippen LogP contribution in [0.3, 0.4) is 0 Å². The second-order valence-corrected chi connectivity index (χ2v) is 8.02. The van der Waals surface area contributed by atoms with Gasteiger partial charge in [-0.3, -0.25) is 10.2 Å². The number of carbonyl (C=O) groups is 1. The van der Waals surface area contributed by atoms with Gasteiger partial charge in [0.1, 0.15) is 23.9 Å². The zero-order chi connectivity index (χ0) is 25.4. The predicted octanol–water partition coefficient (Wildman–Crippen LogP) is 5.18. The van der Waals surface area contributed by atoms with Crippen LogP contribution in [0.15, 0.2) is 53.1 Å². The average molecular weight is 515 g/mol. The van der Waals surface area contributed by atoms with E-state index in [0.717, 1.165) is 0 Å². The number of hydrogen-bond acceptors (Lipinski definition) is 6. The lowest BCUT2D eigenvalue weighted by Crippen LogP contribution is -2.44. The number of alkyl halides is 2. The first-order valence-corrected chi connectivity index (χ1v) is 10.9. The Morgan fingerprint density at radius 3 is 2.69 bits per heavy atom. The third-order valence-corrected chi connectivity index (χ3v) is 5.44. The van der Waals surface area contributed by atoms with Crippen molar-refractivity contribution in [2.24, 2.45) is 0 Å². The first-order chi connectivity index (χ1) is 16.7. The van der Waals surface area contributed by atoms with Crippen molar-refractivity contribution >= 4 is 23.6 Å². The fourth-order valence-electron chi connectivity index (χ4n) is 3.20. The van der Waals surface area contributed by atoms with Crippen LogP contribution in [-0.4, -0.2) is 55.4 Å². The predicted molar refractivity (Wildman–Crippen MR) is 122 cm³/mol. The topological polar surface area (TPSA) is 79.6 Å². The van der Waals surface area contributed by atoms with Crippen LogP contribution in [0, 0.1) is 11.6 Å². The summed E-state index contributed by atoms with van der Waals surface area (Å²) in [6.07, 6.45) is -3.43. The Bertz CT molecular complexity index is 1130. The molecule has 0 unspecified atom stereocenters. The highest BCUT2D eigenvalue weighted by molar-refractivity contribution is 6.31. The number of carbonyl (C=O) groups excluding carboxylic acids is 1. The molecule has 188 valence electrons. The number of ether oxygens (including phenoxy) is 1. The molecular formula is C23H23ClF4N4O3. The van der Waals surface area contributed by atoms with E-state index >= 15 is 0 Å². The summed E-state index contributed by atoms with van der Waals surface area (Å²) in [5.74, 6) is -1.05. The summed E-state index contributed by atoms with van der Waals surface area (Å²) in [5.41, 5.74) is 1.25. The standard InChI is InChI=1S/C23H23ClF4N4O3/c1-32(12-15-5-3-7-18(26)22(15)24)17(10-29-11-20(27)28)13-34-23(33)30-21-9-19(31-35-21)14-4-2-6-16(25)8-14/h2-9,17,20,29H,10-13H2,1H3,(H,30,33)/t17-/m1/s1. The third kappa shape index (κ3) is 7.94. The molecule has 1 amide bonds. The van der Waals surface area contributed by atoms with Gasteiger partial charge < -0.3 is 14.6 Å². The number of hydrogen-bond donors (Lipinski definition) is 2. The second kappa shape index (κ2) is 12.5. The average Bonchev–Trinajstić information content (AvgIpc) is 3.27. The number of halogens is 5. The van der Waals surface area contributed by atoms with E-state index in [1.807, 2.05) is 0 Å². The Morgan fingerprint density at radius 1 is 1.17 bits per heavy atom. The van der Waals surface area contributed by atoms with Crippen LogP contribution < -0.4 is 10.6 Å². The molecule has 1 aromatic heterocycles. The number of rotatable bonds is 11. The molecule has 12 heteroatoms. The van der Waals surface area contributed by atoms with E-state index < -0.39 is 36.7 Å². The molecule has 0 saturated carbocycles. The molecule has 3 rings (SSSR count). The molecule has 0 fully saturated rings. The molecule has 35 heavy (non-hydrogen) atoms. The number of benzene rings is 2. The third-order valence-electron chi connectivity index (χ3n) is 5.02. The molecule has 0 aliphatic heterocycles. The number of anilines is 1. The van der Waals surface area contributed by atoms with Gasteiger partial charge in [-0.1, -0.05) is 41.0 Å². The molecule has 7 nitrogen and oxygen atoms in total. The largest absolute Gasteiger partial charge is 0.448 e. The minimum atomic E-state index is -2.55. The van der Waals surface area contributed by atoms with Gasteiger partial charge in [0, 0.05) is 24.7 Å². The zero-order valence-corrected chi connectivity index (χ0v) is 19.4. The van der Waals surface area contributed by atoms with Crippen molar-refractivity contribution in [1.29, 1.82) is 0 Å². The monoisotopic (exact) mass is 514 g/mol. The normalized spacial score (nSPS) is 12.2. The maximum absolute atomic E-state index is 13.8. The lowest BCUT2D eigenvalue weighted by atomic mass is 10.1. The number of nitrogens with zero attached hydrogens (tertiary/aromatic N) is 2. The van der Waals surface area contributed by atoms with Crippen molar-refractivity contribution in [3.8, 4) is 11.3 Å². The lowest BCUT2D eigenvalue weighted by Gasteiger charge is -2.28. The van der Waals surface area contributed by atoms with E-state index in [4.69, 9.17) is 20.9 Å². The molecule has 0 aliphatic rings. The van der Waals surface area contributed by atoms with E-state index in [1.165, 1.54) is 36.4 Å². The van der Waals surface area contributed by atoms with Gasteiger partial charge in [-0.2, -0.15) is 0 Å². The number of amides is 1. The van der Waals surface area contributed by atoms with Crippen molar-refractivity contribution in [2.45, 2.75) is 19.0 Å². The summed E-state index contributed by atoms with van der Waals surface area (Å²) in [6.45, 7) is -0.483. The van der Waals surface area contributed by atoms with Crippen LogP contribution in [0.4, 0.5) is 28.2 Å². The highest BCUT2D eigenvalue weighted by Gasteiger charge is 2.20. The molecule has 1 heterocycles. The van der Waals surface area contributed by atoms with Crippen LogP contribution in [0.1, 0.15) is 5.56 Å². The second-order valence-electron chi connectivity index (χ2n) is 7.64. The summed E-state index contributed by atoms with van der Waals surface area (Å²) >= 11 is 6.01. The minimum Gasteiger partial charge on any atom is -0.448 e. The summed E-state index contributed by atoms with van der Waals surface area (Å²) in [7, 11) is 1.67. The van der Waals surface area contributed by atoms with Crippen LogP contribution in [0.5, 0.6) is 0 Å².